The molecule has 140 valence electrons. The summed E-state index contributed by atoms with van der Waals surface area (Å²) < 4.78 is 20.0. The first-order chi connectivity index (χ1) is 12.9. The van der Waals surface area contributed by atoms with Gasteiger partial charge in [0.2, 0.25) is 5.91 Å². The Bertz CT molecular complexity index is 932. The van der Waals surface area contributed by atoms with Gasteiger partial charge in [-0.15, -0.1) is 0 Å². The first-order valence-corrected chi connectivity index (χ1v) is 9.02. The number of amides is 1. The van der Waals surface area contributed by atoms with Gasteiger partial charge in [0.25, 0.3) is 0 Å². The van der Waals surface area contributed by atoms with Crippen LogP contribution in [0.3, 0.4) is 0 Å². The van der Waals surface area contributed by atoms with Gasteiger partial charge in [0, 0.05) is 5.69 Å². The summed E-state index contributed by atoms with van der Waals surface area (Å²) in [5, 5.41) is 12.1. The third-order valence-corrected chi connectivity index (χ3v) is 5.70. The van der Waals surface area contributed by atoms with Crippen LogP contribution in [0.5, 0.6) is 5.75 Å². The molecule has 0 unspecified atom stereocenters. The van der Waals surface area contributed by atoms with Gasteiger partial charge in [-0.3, -0.25) is 4.79 Å². The molecule has 2 aromatic rings. The molecule has 2 aliphatic rings. The van der Waals surface area contributed by atoms with Crippen molar-refractivity contribution < 1.29 is 23.8 Å². The predicted molar refractivity (Wildman–Crippen MR) is 97.7 cm³/mol. The summed E-state index contributed by atoms with van der Waals surface area (Å²) in [6.45, 7) is 1.69. The number of anilines is 1. The summed E-state index contributed by atoms with van der Waals surface area (Å²) in [5.41, 5.74) is 1.39. The first kappa shape index (κ1) is 17.5. The molecular formula is C21H20FNO4. The molecule has 4 rings (SSSR count). The Hall–Kier alpha value is -2.89. The fraction of sp³-hybridized carbons (Fsp3) is 0.333. The number of aryl methyl sites for hydroxylation is 1. The molecule has 1 amide bonds. The van der Waals surface area contributed by atoms with Gasteiger partial charge in [-0.25, -0.2) is 9.18 Å². The van der Waals surface area contributed by atoms with Crippen molar-refractivity contribution in [2.24, 2.45) is 0 Å². The monoisotopic (exact) mass is 369 g/mol. The lowest BCUT2D eigenvalue weighted by Crippen LogP contribution is -2.41. The van der Waals surface area contributed by atoms with Crippen molar-refractivity contribution in [3.8, 4) is 5.75 Å². The first-order valence-electron chi connectivity index (χ1n) is 9.02. The van der Waals surface area contributed by atoms with Crippen LogP contribution in [0.1, 0.15) is 47.2 Å². The van der Waals surface area contributed by atoms with Gasteiger partial charge in [0.05, 0.1) is 17.1 Å². The molecule has 1 spiro atoms. The molecule has 0 aromatic heterocycles. The maximum Gasteiger partial charge on any atom is 0.335 e. The summed E-state index contributed by atoms with van der Waals surface area (Å²) in [7, 11) is 0. The van der Waals surface area contributed by atoms with E-state index in [1.165, 1.54) is 6.07 Å². The van der Waals surface area contributed by atoms with Gasteiger partial charge in [-0.1, -0.05) is 12.1 Å². The Morgan fingerprint density at radius 3 is 2.70 bits per heavy atom. The van der Waals surface area contributed by atoms with Crippen molar-refractivity contribution in [2.75, 3.05) is 5.32 Å². The molecule has 1 heterocycles. The zero-order chi connectivity index (χ0) is 19.2. The van der Waals surface area contributed by atoms with Crippen LogP contribution in [0.25, 0.3) is 0 Å². The van der Waals surface area contributed by atoms with Crippen LogP contribution in [0.4, 0.5) is 10.1 Å². The third kappa shape index (κ3) is 2.85. The molecule has 1 fully saturated rings. The fourth-order valence-electron chi connectivity index (χ4n) is 4.14. The molecule has 0 radical (unpaired) electrons. The van der Waals surface area contributed by atoms with E-state index >= 15 is 0 Å². The third-order valence-electron chi connectivity index (χ3n) is 5.70. The summed E-state index contributed by atoms with van der Waals surface area (Å²) in [6.07, 6.45) is 2.08. The molecule has 0 saturated heterocycles. The topological polar surface area (TPSA) is 75.6 Å². The largest absolute Gasteiger partial charge is 0.487 e. The van der Waals surface area contributed by atoms with Crippen molar-refractivity contribution in [1.29, 1.82) is 0 Å². The highest BCUT2D eigenvalue weighted by molar-refractivity contribution is 6.07. The molecule has 1 aliphatic carbocycles. The molecule has 2 aromatic carbocycles. The molecule has 0 bridgehead atoms. The minimum Gasteiger partial charge on any atom is -0.487 e. The Balaban J connectivity index is 1.55. The van der Waals surface area contributed by atoms with Crippen LogP contribution in [0.15, 0.2) is 36.4 Å². The van der Waals surface area contributed by atoms with Crippen LogP contribution in [0, 0.1) is 12.7 Å². The second kappa shape index (κ2) is 6.37. The van der Waals surface area contributed by atoms with Crippen molar-refractivity contribution in [3.63, 3.8) is 0 Å². The lowest BCUT2D eigenvalue weighted by atomic mass is 9.69. The number of halogens is 1. The van der Waals surface area contributed by atoms with E-state index in [1.54, 1.807) is 37.3 Å². The number of ether oxygens (including phenoxy) is 1. The summed E-state index contributed by atoms with van der Waals surface area (Å²) in [5.74, 6) is -1.23. The van der Waals surface area contributed by atoms with Crippen LogP contribution in [-0.2, 0) is 10.2 Å². The lowest BCUT2D eigenvalue weighted by molar-refractivity contribution is -0.122. The van der Waals surface area contributed by atoms with Gasteiger partial charge in [-0.05, 0) is 68.0 Å². The van der Waals surface area contributed by atoms with Crippen molar-refractivity contribution in [1.82, 2.24) is 0 Å². The molecule has 1 aliphatic heterocycles. The lowest BCUT2D eigenvalue weighted by Gasteiger charge is -2.35. The fourth-order valence-corrected chi connectivity index (χ4v) is 4.14. The van der Waals surface area contributed by atoms with Crippen LogP contribution < -0.4 is 10.1 Å². The Morgan fingerprint density at radius 1 is 1.26 bits per heavy atom. The molecule has 2 N–H and O–H groups in total. The van der Waals surface area contributed by atoms with E-state index in [4.69, 9.17) is 4.74 Å². The quantitative estimate of drug-likeness (QED) is 0.856. The van der Waals surface area contributed by atoms with E-state index in [-0.39, 0.29) is 29.1 Å². The number of nitrogens with one attached hydrogen (secondary N) is 1. The molecular weight excluding hydrogens is 349 g/mol. The molecule has 5 nitrogen and oxygen atoms in total. The minimum absolute atomic E-state index is 0.0970. The number of carboxylic acid groups (broad SMARTS) is 1. The predicted octanol–water partition coefficient (Wildman–Crippen LogP) is 4.04. The number of rotatable bonds is 3. The van der Waals surface area contributed by atoms with E-state index < -0.39 is 11.4 Å². The van der Waals surface area contributed by atoms with Gasteiger partial charge < -0.3 is 15.2 Å². The molecule has 0 atom stereocenters. The number of fused-ring (bicyclic) bond motifs is 2. The highest BCUT2D eigenvalue weighted by Crippen LogP contribution is 2.48. The maximum absolute atomic E-state index is 14.2. The van der Waals surface area contributed by atoms with Crippen molar-refractivity contribution in [3.05, 3.63) is 58.9 Å². The Morgan fingerprint density at radius 2 is 2.00 bits per heavy atom. The molecule has 6 heteroatoms. The second-order valence-corrected chi connectivity index (χ2v) is 7.31. The number of hydrogen-bond donors (Lipinski definition) is 2. The van der Waals surface area contributed by atoms with Crippen molar-refractivity contribution >= 4 is 17.6 Å². The Labute approximate surface area is 156 Å². The number of aromatic carboxylic acids is 1. The van der Waals surface area contributed by atoms with Gasteiger partial charge >= 0.3 is 5.97 Å². The summed E-state index contributed by atoms with van der Waals surface area (Å²) in [4.78, 5) is 24.0. The number of hydrogen-bond acceptors (Lipinski definition) is 3. The smallest absolute Gasteiger partial charge is 0.335 e. The van der Waals surface area contributed by atoms with E-state index in [9.17, 15) is 19.1 Å². The second-order valence-electron chi connectivity index (χ2n) is 7.31. The molecule has 27 heavy (non-hydrogen) atoms. The summed E-state index contributed by atoms with van der Waals surface area (Å²) in [6, 6.07) is 9.80. The highest BCUT2D eigenvalue weighted by Gasteiger charge is 2.49. The van der Waals surface area contributed by atoms with E-state index in [1.807, 2.05) is 0 Å². The van der Waals surface area contributed by atoms with Gasteiger partial charge in [0.15, 0.2) is 11.6 Å². The summed E-state index contributed by atoms with van der Waals surface area (Å²) >= 11 is 0. The zero-order valence-corrected chi connectivity index (χ0v) is 14.9. The van der Waals surface area contributed by atoms with Crippen molar-refractivity contribution in [2.45, 2.75) is 44.1 Å². The van der Waals surface area contributed by atoms with E-state index in [0.29, 0.717) is 36.9 Å². The number of carboxylic acids is 1. The standard InChI is InChI=1S/C21H20FNO4/c1-12-3-2-4-17(18(12)22)27-14-7-9-21(10-8-14)15-11-13(19(24)25)5-6-16(15)23-20(21)26/h2-6,11,14H,7-10H2,1H3,(H,23,26)(H,24,25)/t14-,21-. The zero-order valence-electron chi connectivity index (χ0n) is 14.9. The van der Waals surface area contributed by atoms with Crippen LogP contribution in [-0.4, -0.2) is 23.1 Å². The highest BCUT2D eigenvalue weighted by atomic mass is 19.1. The van der Waals surface area contributed by atoms with Crippen LogP contribution >= 0.6 is 0 Å². The van der Waals surface area contributed by atoms with Crippen LogP contribution in [0.2, 0.25) is 0 Å². The maximum atomic E-state index is 14.2. The normalized spacial score (nSPS) is 23.8. The number of benzene rings is 2. The average molecular weight is 369 g/mol. The Kier molecular flexibility index (Phi) is 4.13. The SMILES string of the molecule is Cc1cccc(O[C@H]2CC[C@@]3(CC2)C(=O)Nc2ccc(C(=O)O)cc23)c1F. The number of carbonyl (C=O) groups is 2. The average Bonchev–Trinajstić information content (AvgIpc) is 2.92. The van der Waals surface area contributed by atoms with E-state index in [0.717, 1.165) is 5.56 Å². The number of carbonyl (C=O) groups excluding carboxylic acids is 1. The van der Waals surface area contributed by atoms with E-state index in [2.05, 4.69) is 5.32 Å². The minimum atomic E-state index is -1.01. The van der Waals surface area contributed by atoms with Gasteiger partial charge in [0.1, 0.15) is 0 Å². The molecule has 1 saturated carbocycles. The van der Waals surface area contributed by atoms with Gasteiger partial charge in [-0.2, -0.15) is 0 Å².